The van der Waals surface area contributed by atoms with Gasteiger partial charge in [0, 0.05) is 36.0 Å². The van der Waals surface area contributed by atoms with Crippen LogP contribution in [0.3, 0.4) is 0 Å². The van der Waals surface area contributed by atoms with Gasteiger partial charge in [0.05, 0.1) is 6.61 Å². The molecule has 5 heteroatoms. The fraction of sp³-hybridized carbons (Fsp3) is 0.231. The van der Waals surface area contributed by atoms with Crippen LogP contribution in [0.1, 0.15) is 0 Å². The molecule has 1 aromatic heterocycles. The number of aliphatic hydroxyl groups excluding tert-OH is 1. The molecule has 0 bridgehead atoms. The van der Waals surface area contributed by atoms with Crippen LogP contribution < -0.4 is 4.90 Å². The molecule has 1 heterocycles. The monoisotopic (exact) mass is 307 g/mol. The Labute approximate surface area is 114 Å². The standard InChI is InChI=1S/C13H14BrN3O/c1-17(6-7-18)13-15-8-10(9-16-13)11-4-2-3-5-12(11)14/h2-5,8-9,18H,6-7H2,1H3. The molecular formula is C13H14BrN3O. The van der Waals surface area contributed by atoms with Crippen LogP contribution in [0.2, 0.25) is 0 Å². The van der Waals surface area contributed by atoms with Crippen molar-refractivity contribution in [1.29, 1.82) is 0 Å². The number of benzene rings is 1. The smallest absolute Gasteiger partial charge is 0.225 e. The van der Waals surface area contributed by atoms with Gasteiger partial charge in [-0.3, -0.25) is 0 Å². The zero-order valence-electron chi connectivity index (χ0n) is 10.0. The van der Waals surface area contributed by atoms with Crippen molar-refractivity contribution in [3.8, 4) is 11.1 Å². The van der Waals surface area contributed by atoms with Crippen LogP contribution in [0.5, 0.6) is 0 Å². The molecule has 0 amide bonds. The second-order valence-electron chi connectivity index (χ2n) is 3.90. The molecule has 1 aromatic carbocycles. The van der Waals surface area contributed by atoms with Crippen LogP contribution in [0.25, 0.3) is 11.1 Å². The first-order chi connectivity index (χ1) is 8.72. The molecule has 1 N–H and O–H groups in total. The van der Waals surface area contributed by atoms with Crippen LogP contribution in [-0.4, -0.2) is 35.3 Å². The maximum atomic E-state index is 8.86. The molecule has 0 fully saturated rings. The Hall–Kier alpha value is -1.46. The van der Waals surface area contributed by atoms with E-state index in [2.05, 4.69) is 25.9 Å². The Balaban J connectivity index is 2.25. The molecule has 18 heavy (non-hydrogen) atoms. The van der Waals surface area contributed by atoms with Gasteiger partial charge in [0.15, 0.2) is 0 Å². The van der Waals surface area contributed by atoms with Crippen LogP contribution in [-0.2, 0) is 0 Å². The third-order valence-corrected chi connectivity index (χ3v) is 3.29. The Morgan fingerprint density at radius 2 is 1.89 bits per heavy atom. The lowest BCUT2D eigenvalue weighted by molar-refractivity contribution is 0.303. The van der Waals surface area contributed by atoms with Gasteiger partial charge in [0.2, 0.25) is 5.95 Å². The van der Waals surface area contributed by atoms with E-state index in [1.165, 1.54) is 0 Å². The first kappa shape index (κ1) is 13.0. The average Bonchev–Trinajstić information content (AvgIpc) is 2.40. The van der Waals surface area contributed by atoms with E-state index in [0.717, 1.165) is 15.6 Å². The summed E-state index contributed by atoms with van der Waals surface area (Å²) >= 11 is 3.51. The molecule has 0 aliphatic rings. The number of aliphatic hydroxyl groups is 1. The predicted molar refractivity (Wildman–Crippen MR) is 75.5 cm³/mol. The molecular weight excluding hydrogens is 294 g/mol. The lowest BCUT2D eigenvalue weighted by Crippen LogP contribution is -2.23. The minimum Gasteiger partial charge on any atom is -0.395 e. The van der Waals surface area contributed by atoms with Crippen LogP contribution in [0.4, 0.5) is 5.95 Å². The zero-order valence-corrected chi connectivity index (χ0v) is 11.6. The molecule has 4 nitrogen and oxygen atoms in total. The Morgan fingerprint density at radius 1 is 1.22 bits per heavy atom. The van der Waals surface area contributed by atoms with Gasteiger partial charge in [-0.1, -0.05) is 34.1 Å². The second-order valence-corrected chi connectivity index (χ2v) is 4.75. The molecule has 0 radical (unpaired) electrons. The Bertz CT molecular complexity index is 516. The molecule has 0 unspecified atom stereocenters. The SMILES string of the molecule is CN(CCO)c1ncc(-c2ccccc2Br)cn1. The predicted octanol–water partition coefficient (Wildman–Crippen LogP) is 2.33. The number of hydrogen-bond acceptors (Lipinski definition) is 4. The van der Waals surface area contributed by atoms with E-state index < -0.39 is 0 Å². The number of anilines is 1. The van der Waals surface area contributed by atoms with Crippen molar-refractivity contribution in [2.75, 3.05) is 25.1 Å². The third kappa shape index (κ3) is 2.86. The minimum atomic E-state index is 0.0891. The second kappa shape index (κ2) is 5.93. The lowest BCUT2D eigenvalue weighted by Gasteiger charge is -2.15. The highest BCUT2D eigenvalue weighted by atomic mass is 79.9. The normalized spacial score (nSPS) is 10.4. The van der Waals surface area contributed by atoms with E-state index in [1.807, 2.05) is 36.2 Å². The summed E-state index contributed by atoms with van der Waals surface area (Å²) in [7, 11) is 1.85. The highest BCUT2D eigenvalue weighted by molar-refractivity contribution is 9.10. The Morgan fingerprint density at radius 3 is 2.50 bits per heavy atom. The van der Waals surface area contributed by atoms with Gasteiger partial charge in [-0.05, 0) is 11.6 Å². The van der Waals surface area contributed by atoms with Crippen molar-refractivity contribution >= 4 is 21.9 Å². The van der Waals surface area contributed by atoms with Crippen molar-refractivity contribution in [2.45, 2.75) is 0 Å². The highest BCUT2D eigenvalue weighted by Gasteiger charge is 2.06. The van der Waals surface area contributed by atoms with E-state index in [-0.39, 0.29) is 6.61 Å². The maximum Gasteiger partial charge on any atom is 0.225 e. The van der Waals surface area contributed by atoms with Crippen molar-refractivity contribution in [3.05, 3.63) is 41.1 Å². The summed E-state index contributed by atoms with van der Waals surface area (Å²) in [4.78, 5) is 10.4. The van der Waals surface area contributed by atoms with Gasteiger partial charge in [0.1, 0.15) is 0 Å². The fourth-order valence-electron chi connectivity index (χ4n) is 1.60. The third-order valence-electron chi connectivity index (χ3n) is 2.60. The van der Waals surface area contributed by atoms with Crippen LogP contribution >= 0.6 is 15.9 Å². The average molecular weight is 308 g/mol. The van der Waals surface area contributed by atoms with Crippen LogP contribution in [0.15, 0.2) is 41.1 Å². The zero-order chi connectivity index (χ0) is 13.0. The molecule has 0 aliphatic carbocycles. The van der Waals surface area contributed by atoms with Crippen molar-refractivity contribution < 1.29 is 5.11 Å². The van der Waals surface area contributed by atoms with Crippen LogP contribution in [0, 0.1) is 0 Å². The minimum absolute atomic E-state index is 0.0891. The molecule has 0 saturated heterocycles. The van der Waals surface area contributed by atoms with E-state index in [9.17, 15) is 0 Å². The Kier molecular flexibility index (Phi) is 4.28. The summed E-state index contributed by atoms with van der Waals surface area (Å²) in [6.45, 7) is 0.611. The van der Waals surface area contributed by atoms with Gasteiger partial charge in [-0.2, -0.15) is 0 Å². The summed E-state index contributed by atoms with van der Waals surface area (Å²) < 4.78 is 1.02. The van der Waals surface area contributed by atoms with Gasteiger partial charge >= 0.3 is 0 Å². The first-order valence-electron chi connectivity index (χ1n) is 5.61. The quantitative estimate of drug-likeness (QED) is 0.942. The highest BCUT2D eigenvalue weighted by Crippen LogP contribution is 2.27. The molecule has 0 spiro atoms. The van der Waals surface area contributed by atoms with E-state index in [4.69, 9.17) is 5.11 Å². The van der Waals surface area contributed by atoms with E-state index in [0.29, 0.717) is 12.5 Å². The topological polar surface area (TPSA) is 49.2 Å². The number of aromatic nitrogens is 2. The molecule has 0 atom stereocenters. The summed E-state index contributed by atoms with van der Waals surface area (Å²) in [5.74, 6) is 0.611. The molecule has 0 aliphatic heterocycles. The van der Waals surface area contributed by atoms with E-state index in [1.54, 1.807) is 12.4 Å². The largest absolute Gasteiger partial charge is 0.395 e. The van der Waals surface area contributed by atoms with Gasteiger partial charge in [0.25, 0.3) is 0 Å². The summed E-state index contributed by atoms with van der Waals surface area (Å²) in [6.07, 6.45) is 3.58. The fourth-order valence-corrected chi connectivity index (χ4v) is 2.12. The summed E-state index contributed by atoms with van der Waals surface area (Å²) in [6, 6.07) is 7.95. The number of halogens is 1. The van der Waals surface area contributed by atoms with Gasteiger partial charge in [-0.25, -0.2) is 9.97 Å². The lowest BCUT2D eigenvalue weighted by atomic mass is 10.1. The molecule has 2 aromatic rings. The van der Waals surface area contributed by atoms with Crippen molar-refractivity contribution in [3.63, 3.8) is 0 Å². The summed E-state index contributed by atoms with van der Waals surface area (Å²) in [5.41, 5.74) is 2.03. The molecule has 2 rings (SSSR count). The van der Waals surface area contributed by atoms with Gasteiger partial charge < -0.3 is 10.0 Å². The molecule has 94 valence electrons. The van der Waals surface area contributed by atoms with Gasteiger partial charge in [-0.15, -0.1) is 0 Å². The number of likely N-dealkylation sites (N-methyl/N-ethyl adjacent to an activating group) is 1. The number of rotatable bonds is 4. The summed E-state index contributed by atoms with van der Waals surface area (Å²) in [5, 5.41) is 8.86. The van der Waals surface area contributed by atoms with Crippen molar-refractivity contribution in [2.24, 2.45) is 0 Å². The first-order valence-corrected chi connectivity index (χ1v) is 6.40. The van der Waals surface area contributed by atoms with E-state index >= 15 is 0 Å². The molecule has 0 saturated carbocycles. The number of nitrogens with zero attached hydrogens (tertiary/aromatic N) is 3. The maximum absolute atomic E-state index is 8.86. The van der Waals surface area contributed by atoms with Crippen molar-refractivity contribution in [1.82, 2.24) is 9.97 Å². The number of hydrogen-bond donors (Lipinski definition) is 1.